The molecular weight excluding hydrogens is 531 g/mol. The fourth-order valence-electron chi connectivity index (χ4n) is 4.69. The summed E-state index contributed by atoms with van der Waals surface area (Å²) in [4.78, 5) is 10.1. The van der Waals surface area contributed by atoms with Crippen LogP contribution in [0.15, 0.2) is 29.3 Å². The van der Waals surface area contributed by atoms with Crippen LogP contribution in [0.2, 0.25) is 0 Å². The summed E-state index contributed by atoms with van der Waals surface area (Å²) in [7, 11) is 3.50. The van der Waals surface area contributed by atoms with E-state index in [-0.39, 0.29) is 30.0 Å². The topological polar surface area (TPSA) is 58.6 Å². The predicted octanol–water partition coefficient (Wildman–Crippen LogP) is 3.93. The van der Waals surface area contributed by atoms with Crippen LogP contribution in [0.3, 0.4) is 0 Å². The molecular formula is C25H43IN4O3. The molecule has 33 heavy (non-hydrogen) atoms. The number of ether oxygens (including phenoxy) is 3. The Labute approximate surface area is 217 Å². The number of hydrogen-bond acceptors (Lipinski definition) is 5. The number of para-hydroxylation sites is 1. The van der Waals surface area contributed by atoms with Crippen molar-refractivity contribution in [1.82, 2.24) is 15.1 Å². The van der Waals surface area contributed by atoms with Crippen molar-refractivity contribution < 1.29 is 14.2 Å². The Hall–Kier alpha value is -1.10. The molecule has 0 radical (unpaired) electrons. The number of likely N-dealkylation sites (tertiary alicyclic amines) is 2. The van der Waals surface area contributed by atoms with Crippen LogP contribution in [0.1, 0.15) is 50.6 Å². The zero-order valence-corrected chi connectivity index (χ0v) is 23.0. The number of guanidine groups is 1. The summed E-state index contributed by atoms with van der Waals surface area (Å²) in [5.41, 5.74) is 1.24. The van der Waals surface area contributed by atoms with E-state index >= 15 is 0 Å². The molecule has 2 aliphatic heterocycles. The van der Waals surface area contributed by atoms with E-state index in [1.165, 1.54) is 18.4 Å². The highest BCUT2D eigenvalue weighted by atomic mass is 127. The van der Waals surface area contributed by atoms with Crippen LogP contribution in [0.5, 0.6) is 5.75 Å². The zero-order valence-electron chi connectivity index (χ0n) is 20.6. The molecule has 0 spiro atoms. The summed E-state index contributed by atoms with van der Waals surface area (Å²) in [5.74, 6) is 1.97. The quantitative estimate of drug-likeness (QED) is 0.187. The van der Waals surface area contributed by atoms with Crippen LogP contribution < -0.4 is 10.1 Å². The number of nitrogens with one attached hydrogen (secondary N) is 1. The van der Waals surface area contributed by atoms with Gasteiger partial charge in [0.1, 0.15) is 5.75 Å². The van der Waals surface area contributed by atoms with Gasteiger partial charge in [0.25, 0.3) is 0 Å². The second-order valence-corrected chi connectivity index (χ2v) is 8.60. The second-order valence-electron chi connectivity index (χ2n) is 8.60. The molecule has 1 unspecified atom stereocenters. The van der Waals surface area contributed by atoms with Crippen molar-refractivity contribution in [2.24, 2.45) is 4.99 Å². The third-order valence-corrected chi connectivity index (χ3v) is 6.42. The number of nitrogens with zero attached hydrogens (tertiary/aromatic N) is 3. The molecule has 0 bridgehead atoms. The number of piperidine rings is 1. The fraction of sp³-hybridized carbons (Fsp3) is 0.720. The molecule has 188 valence electrons. The molecule has 2 saturated heterocycles. The van der Waals surface area contributed by atoms with Gasteiger partial charge in [-0.15, -0.1) is 24.0 Å². The van der Waals surface area contributed by atoms with Crippen molar-refractivity contribution in [3.63, 3.8) is 0 Å². The molecule has 0 aliphatic carbocycles. The molecule has 2 heterocycles. The van der Waals surface area contributed by atoms with Gasteiger partial charge >= 0.3 is 0 Å². The lowest BCUT2D eigenvalue weighted by molar-refractivity contribution is 0.00988. The standard InChI is InChI=1S/C25H42N4O3.HI/c1-4-26-25(29-16-12-21(13-17-29)32-19-9-18-30-2)27-20-23(28-14-7-8-15-28)22-10-5-6-11-24(22)31-3;/h5-6,10-11,21,23H,4,7-9,12-20H2,1-3H3,(H,26,27);1H. The first-order valence-electron chi connectivity index (χ1n) is 12.3. The Morgan fingerprint density at radius 1 is 1.09 bits per heavy atom. The first-order chi connectivity index (χ1) is 15.8. The van der Waals surface area contributed by atoms with Gasteiger partial charge in [-0.25, -0.2) is 0 Å². The lowest BCUT2D eigenvalue weighted by Gasteiger charge is -2.35. The maximum atomic E-state index is 6.03. The van der Waals surface area contributed by atoms with E-state index in [4.69, 9.17) is 19.2 Å². The average molecular weight is 575 g/mol. The smallest absolute Gasteiger partial charge is 0.193 e. The van der Waals surface area contributed by atoms with Crippen LogP contribution in [0, 0.1) is 0 Å². The predicted molar refractivity (Wildman–Crippen MR) is 145 cm³/mol. The summed E-state index contributed by atoms with van der Waals surface area (Å²) in [6.07, 6.45) is 5.90. The molecule has 7 nitrogen and oxygen atoms in total. The molecule has 1 N–H and O–H groups in total. The maximum Gasteiger partial charge on any atom is 0.193 e. The molecule has 0 amide bonds. The first-order valence-corrected chi connectivity index (χ1v) is 12.3. The van der Waals surface area contributed by atoms with Crippen molar-refractivity contribution >= 4 is 29.9 Å². The highest BCUT2D eigenvalue weighted by molar-refractivity contribution is 14.0. The number of rotatable bonds is 11. The third-order valence-electron chi connectivity index (χ3n) is 6.42. The summed E-state index contributed by atoms with van der Waals surface area (Å²) in [5, 5.41) is 3.52. The molecule has 8 heteroatoms. The Balaban J connectivity index is 0.00000385. The average Bonchev–Trinajstić information content (AvgIpc) is 3.37. The molecule has 1 aromatic carbocycles. The van der Waals surface area contributed by atoms with Crippen molar-refractivity contribution in [2.45, 2.75) is 51.2 Å². The number of benzene rings is 1. The van der Waals surface area contributed by atoms with Crippen LogP contribution in [-0.2, 0) is 9.47 Å². The maximum absolute atomic E-state index is 6.03. The minimum atomic E-state index is 0. The minimum Gasteiger partial charge on any atom is -0.496 e. The molecule has 1 atom stereocenters. The fourth-order valence-corrected chi connectivity index (χ4v) is 4.69. The molecule has 3 rings (SSSR count). The van der Waals surface area contributed by atoms with Gasteiger partial charge < -0.3 is 24.4 Å². The van der Waals surface area contributed by atoms with Gasteiger partial charge in [0.05, 0.1) is 25.8 Å². The number of hydrogen-bond donors (Lipinski definition) is 1. The van der Waals surface area contributed by atoms with Gasteiger partial charge in [-0.1, -0.05) is 18.2 Å². The van der Waals surface area contributed by atoms with Crippen molar-refractivity contribution in [1.29, 1.82) is 0 Å². The Kier molecular flexibility index (Phi) is 13.4. The van der Waals surface area contributed by atoms with Gasteiger partial charge in [-0.2, -0.15) is 0 Å². The Morgan fingerprint density at radius 3 is 2.48 bits per heavy atom. The highest BCUT2D eigenvalue weighted by Gasteiger charge is 2.27. The van der Waals surface area contributed by atoms with Gasteiger partial charge in [0, 0.05) is 45.5 Å². The number of methoxy groups -OCH3 is 2. The number of aliphatic imine (C=N–C) groups is 1. The summed E-state index contributed by atoms with van der Waals surface area (Å²) >= 11 is 0. The van der Waals surface area contributed by atoms with Crippen molar-refractivity contribution in [3.05, 3.63) is 29.8 Å². The van der Waals surface area contributed by atoms with Gasteiger partial charge in [-0.3, -0.25) is 9.89 Å². The third kappa shape index (κ3) is 8.56. The molecule has 0 aromatic heterocycles. The first kappa shape index (κ1) is 28.1. The van der Waals surface area contributed by atoms with E-state index < -0.39 is 0 Å². The normalized spacial score (nSPS) is 18.8. The van der Waals surface area contributed by atoms with Crippen LogP contribution in [-0.4, -0.2) is 88.6 Å². The SMILES string of the molecule is CCNC(=NCC(c1ccccc1OC)N1CCCC1)N1CCC(OCCCOC)CC1.I. The lowest BCUT2D eigenvalue weighted by Crippen LogP contribution is -2.47. The van der Waals surface area contributed by atoms with Crippen molar-refractivity contribution in [2.75, 3.05) is 66.7 Å². The lowest BCUT2D eigenvalue weighted by atomic mass is 10.0. The monoisotopic (exact) mass is 574 g/mol. The zero-order chi connectivity index (χ0) is 22.6. The number of halogens is 1. The summed E-state index contributed by atoms with van der Waals surface area (Å²) < 4.78 is 16.8. The van der Waals surface area contributed by atoms with Gasteiger partial charge in [0.15, 0.2) is 5.96 Å². The van der Waals surface area contributed by atoms with E-state index in [1.54, 1.807) is 14.2 Å². The molecule has 2 fully saturated rings. The summed E-state index contributed by atoms with van der Waals surface area (Å²) in [6, 6.07) is 8.64. The molecule has 2 aliphatic rings. The van der Waals surface area contributed by atoms with Crippen LogP contribution in [0.25, 0.3) is 0 Å². The van der Waals surface area contributed by atoms with E-state index in [0.717, 1.165) is 83.5 Å². The second kappa shape index (κ2) is 15.7. The highest BCUT2D eigenvalue weighted by Crippen LogP contribution is 2.32. The van der Waals surface area contributed by atoms with Crippen LogP contribution in [0.4, 0.5) is 0 Å². The minimum absolute atomic E-state index is 0. The van der Waals surface area contributed by atoms with E-state index in [2.05, 4.69) is 40.2 Å². The largest absolute Gasteiger partial charge is 0.496 e. The molecule has 1 aromatic rings. The van der Waals surface area contributed by atoms with E-state index in [1.807, 2.05) is 6.07 Å². The Bertz CT molecular complexity index is 692. The van der Waals surface area contributed by atoms with E-state index in [0.29, 0.717) is 6.10 Å². The summed E-state index contributed by atoms with van der Waals surface area (Å²) in [6.45, 7) is 9.49. The van der Waals surface area contributed by atoms with Gasteiger partial charge in [-0.05, 0) is 58.2 Å². The van der Waals surface area contributed by atoms with Crippen LogP contribution >= 0.6 is 24.0 Å². The Morgan fingerprint density at radius 2 is 1.82 bits per heavy atom. The van der Waals surface area contributed by atoms with E-state index in [9.17, 15) is 0 Å². The van der Waals surface area contributed by atoms with Crippen molar-refractivity contribution in [3.8, 4) is 5.75 Å². The molecule has 0 saturated carbocycles. The van der Waals surface area contributed by atoms with Gasteiger partial charge in [0.2, 0.25) is 0 Å².